The summed E-state index contributed by atoms with van der Waals surface area (Å²) in [6.07, 6.45) is 7.16. The lowest BCUT2D eigenvalue weighted by molar-refractivity contribution is -0.147. The molecule has 0 aliphatic rings. The Kier molecular flexibility index (Phi) is 7.36. The quantitative estimate of drug-likeness (QED) is 0.468. The maximum atomic E-state index is 11.2. The third-order valence-corrected chi connectivity index (χ3v) is 1.86. The van der Waals surface area contributed by atoms with E-state index in [1.165, 1.54) is 0 Å². The Hall–Kier alpha value is -0.790. The topological polar surface area (TPSA) is 26.3 Å². The minimum atomic E-state index is -0.0765. The number of hydrogen-bond acceptors (Lipinski definition) is 2. The minimum Gasteiger partial charge on any atom is -0.466 e. The molecule has 0 heterocycles. The second-order valence-corrected chi connectivity index (χ2v) is 3.11. The van der Waals surface area contributed by atoms with E-state index in [-0.39, 0.29) is 11.9 Å². The highest BCUT2D eigenvalue weighted by molar-refractivity contribution is 5.71. The van der Waals surface area contributed by atoms with Gasteiger partial charge in [0, 0.05) is 0 Å². The molecule has 2 nitrogen and oxygen atoms in total. The number of allylic oxidation sites excluding steroid dienone is 2. The van der Waals surface area contributed by atoms with Gasteiger partial charge in [-0.25, -0.2) is 0 Å². The first-order chi connectivity index (χ1) is 6.22. The van der Waals surface area contributed by atoms with Crippen molar-refractivity contribution in [2.75, 3.05) is 6.61 Å². The Morgan fingerprint density at radius 1 is 1.38 bits per heavy atom. The molecule has 0 saturated carbocycles. The van der Waals surface area contributed by atoms with Crippen molar-refractivity contribution in [2.45, 2.75) is 40.0 Å². The number of hydrogen-bond donors (Lipinski definition) is 0. The zero-order valence-corrected chi connectivity index (χ0v) is 8.88. The molecular weight excluding hydrogens is 164 g/mol. The fourth-order valence-corrected chi connectivity index (χ4v) is 1.03. The SMILES string of the molecule is CCC=CCCC(C)C(=O)OCC. The summed E-state index contributed by atoms with van der Waals surface area (Å²) in [6.45, 7) is 6.33. The van der Waals surface area contributed by atoms with E-state index in [0.29, 0.717) is 6.61 Å². The van der Waals surface area contributed by atoms with Crippen molar-refractivity contribution in [1.29, 1.82) is 0 Å². The smallest absolute Gasteiger partial charge is 0.308 e. The van der Waals surface area contributed by atoms with Crippen LogP contribution in [0.3, 0.4) is 0 Å². The van der Waals surface area contributed by atoms with Gasteiger partial charge in [-0.05, 0) is 26.2 Å². The van der Waals surface area contributed by atoms with Crippen LogP contribution in [0, 0.1) is 5.92 Å². The predicted octanol–water partition coefficient (Wildman–Crippen LogP) is 2.93. The molecule has 0 bridgehead atoms. The molecule has 0 spiro atoms. The molecule has 0 aromatic carbocycles. The van der Waals surface area contributed by atoms with Crippen LogP contribution in [0.15, 0.2) is 12.2 Å². The molecule has 0 rings (SSSR count). The van der Waals surface area contributed by atoms with Gasteiger partial charge in [-0.2, -0.15) is 0 Å². The average Bonchev–Trinajstić information content (AvgIpc) is 2.12. The van der Waals surface area contributed by atoms with E-state index in [2.05, 4.69) is 19.1 Å². The summed E-state index contributed by atoms with van der Waals surface area (Å²) in [5.74, 6) is -0.0474. The van der Waals surface area contributed by atoms with Crippen molar-refractivity contribution >= 4 is 5.97 Å². The number of esters is 1. The Morgan fingerprint density at radius 2 is 2.08 bits per heavy atom. The fourth-order valence-electron chi connectivity index (χ4n) is 1.03. The first-order valence-corrected chi connectivity index (χ1v) is 5.04. The van der Waals surface area contributed by atoms with Gasteiger partial charge in [0.05, 0.1) is 12.5 Å². The highest BCUT2D eigenvalue weighted by atomic mass is 16.5. The van der Waals surface area contributed by atoms with Gasteiger partial charge in [0.25, 0.3) is 0 Å². The van der Waals surface area contributed by atoms with Crippen LogP contribution >= 0.6 is 0 Å². The number of ether oxygens (including phenoxy) is 1. The summed E-state index contributed by atoms with van der Waals surface area (Å²) < 4.78 is 4.90. The summed E-state index contributed by atoms with van der Waals surface area (Å²) in [7, 11) is 0. The van der Waals surface area contributed by atoms with Gasteiger partial charge in [0.15, 0.2) is 0 Å². The van der Waals surface area contributed by atoms with Crippen molar-refractivity contribution in [2.24, 2.45) is 5.92 Å². The molecule has 13 heavy (non-hydrogen) atoms. The third-order valence-electron chi connectivity index (χ3n) is 1.86. The molecule has 0 N–H and O–H groups in total. The zero-order valence-electron chi connectivity index (χ0n) is 8.88. The van der Waals surface area contributed by atoms with Crippen molar-refractivity contribution in [3.8, 4) is 0 Å². The molecular formula is C11H20O2. The van der Waals surface area contributed by atoms with Crippen molar-refractivity contribution in [3.63, 3.8) is 0 Å². The molecule has 1 unspecified atom stereocenters. The predicted molar refractivity (Wildman–Crippen MR) is 54.5 cm³/mol. The van der Waals surface area contributed by atoms with E-state index in [9.17, 15) is 4.79 Å². The molecule has 0 aromatic heterocycles. The molecule has 2 heteroatoms. The van der Waals surface area contributed by atoms with Gasteiger partial charge in [0.2, 0.25) is 0 Å². The molecule has 0 aliphatic heterocycles. The van der Waals surface area contributed by atoms with Gasteiger partial charge in [-0.1, -0.05) is 26.0 Å². The molecule has 76 valence electrons. The number of carbonyl (C=O) groups excluding carboxylic acids is 1. The Labute approximate surface area is 81.0 Å². The van der Waals surface area contributed by atoms with Crippen LogP contribution in [-0.4, -0.2) is 12.6 Å². The Balaban J connectivity index is 3.55. The van der Waals surface area contributed by atoms with Crippen LogP contribution in [0.2, 0.25) is 0 Å². The maximum Gasteiger partial charge on any atom is 0.308 e. The second-order valence-electron chi connectivity index (χ2n) is 3.11. The number of rotatable bonds is 6. The third kappa shape index (κ3) is 6.38. The van der Waals surface area contributed by atoms with E-state index in [1.807, 2.05) is 13.8 Å². The van der Waals surface area contributed by atoms with Gasteiger partial charge >= 0.3 is 5.97 Å². The molecule has 0 saturated heterocycles. The average molecular weight is 184 g/mol. The summed E-state index contributed by atoms with van der Waals surface area (Å²) in [5, 5.41) is 0. The highest BCUT2D eigenvalue weighted by Crippen LogP contribution is 2.08. The van der Waals surface area contributed by atoms with Gasteiger partial charge in [0.1, 0.15) is 0 Å². The lowest BCUT2D eigenvalue weighted by atomic mass is 10.1. The number of carbonyl (C=O) groups is 1. The fraction of sp³-hybridized carbons (Fsp3) is 0.727. The first kappa shape index (κ1) is 12.2. The highest BCUT2D eigenvalue weighted by Gasteiger charge is 2.11. The minimum absolute atomic E-state index is 0.0291. The van der Waals surface area contributed by atoms with E-state index >= 15 is 0 Å². The van der Waals surface area contributed by atoms with E-state index in [1.54, 1.807) is 0 Å². The lowest BCUT2D eigenvalue weighted by Crippen LogP contribution is -2.14. The van der Waals surface area contributed by atoms with Crippen LogP contribution in [0.4, 0.5) is 0 Å². The summed E-state index contributed by atoms with van der Waals surface area (Å²) in [5.41, 5.74) is 0. The Bertz CT molecular complexity index is 161. The standard InChI is InChI=1S/C11H20O2/c1-4-6-7-8-9-10(3)11(12)13-5-2/h6-7,10H,4-5,8-9H2,1-3H3. The Morgan fingerprint density at radius 3 is 2.62 bits per heavy atom. The molecule has 0 aliphatic carbocycles. The monoisotopic (exact) mass is 184 g/mol. The largest absolute Gasteiger partial charge is 0.466 e. The van der Waals surface area contributed by atoms with Crippen LogP contribution in [0.25, 0.3) is 0 Å². The van der Waals surface area contributed by atoms with E-state index in [4.69, 9.17) is 4.74 Å². The molecule has 0 aromatic rings. The summed E-state index contributed by atoms with van der Waals surface area (Å²) in [4.78, 5) is 11.2. The lowest BCUT2D eigenvalue weighted by Gasteiger charge is -2.08. The van der Waals surface area contributed by atoms with Crippen molar-refractivity contribution in [3.05, 3.63) is 12.2 Å². The molecule has 0 radical (unpaired) electrons. The molecule has 0 amide bonds. The van der Waals surface area contributed by atoms with Crippen LogP contribution in [0.5, 0.6) is 0 Å². The van der Waals surface area contributed by atoms with Gasteiger partial charge in [-0.3, -0.25) is 4.79 Å². The van der Waals surface area contributed by atoms with Crippen LogP contribution < -0.4 is 0 Å². The van der Waals surface area contributed by atoms with E-state index in [0.717, 1.165) is 19.3 Å². The van der Waals surface area contributed by atoms with Crippen molar-refractivity contribution < 1.29 is 9.53 Å². The van der Waals surface area contributed by atoms with Crippen LogP contribution in [-0.2, 0) is 9.53 Å². The van der Waals surface area contributed by atoms with Gasteiger partial charge < -0.3 is 4.74 Å². The zero-order chi connectivity index (χ0) is 10.1. The van der Waals surface area contributed by atoms with Crippen molar-refractivity contribution in [1.82, 2.24) is 0 Å². The maximum absolute atomic E-state index is 11.2. The summed E-state index contributed by atoms with van der Waals surface area (Å²) >= 11 is 0. The normalized spacial score (nSPS) is 13.2. The molecule has 0 fully saturated rings. The van der Waals surface area contributed by atoms with E-state index < -0.39 is 0 Å². The van der Waals surface area contributed by atoms with Gasteiger partial charge in [-0.15, -0.1) is 0 Å². The van der Waals surface area contributed by atoms with Crippen LogP contribution in [0.1, 0.15) is 40.0 Å². The molecule has 1 atom stereocenters. The summed E-state index contributed by atoms with van der Waals surface area (Å²) in [6, 6.07) is 0. The first-order valence-electron chi connectivity index (χ1n) is 5.04. The second kappa shape index (κ2) is 7.84.